The first-order valence-electron chi connectivity index (χ1n) is 9.96. The first-order valence-corrected chi connectivity index (χ1v) is 9.96. The zero-order valence-electron chi connectivity index (χ0n) is 17.9. The number of carbonyl (C=O) groups excluding carboxylic acids is 1. The highest BCUT2D eigenvalue weighted by Crippen LogP contribution is 2.41. The molecule has 9 heteroatoms. The van der Waals surface area contributed by atoms with E-state index in [2.05, 4.69) is 10.2 Å². The number of anilines is 1. The Hall–Kier alpha value is -1.81. The van der Waals surface area contributed by atoms with E-state index in [0.29, 0.717) is 13.2 Å². The zero-order chi connectivity index (χ0) is 21.0. The standard InChI is InChI=1S/C20H29BN2O6/c1-12(24)22-10-17-15-11-26-16-9-13(21-28-19(2,3)20(4,5)29-21)7-8-14(16)23(15)18(25-6)27-17/h7-9,15,17-18H,10-11H2,1-6H3,(H,22,24)/t15-,17-,18?/m0/s1. The number of hydrogen-bond donors (Lipinski definition) is 1. The highest BCUT2D eigenvalue weighted by molar-refractivity contribution is 6.62. The van der Waals surface area contributed by atoms with Crippen molar-refractivity contribution in [2.75, 3.05) is 25.2 Å². The zero-order valence-corrected chi connectivity index (χ0v) is 17.9. The number of nitrogens with zero attached hydrogens (tertiary/aromatic N) is 1. The van der Waals surface area contributed by atoms with Gasteiger partial charge in [-0.05, 0) is 45.3 Å². The van der Waals surface area contributed by atoms with E-state index in [0.717, 1.165) is 16.9 Å². The quantitative estimate of drug-likeness (QED) is 0.751. The lowest BCUT2D eigenvalue weighted by molar-refractivity contribution is -0.124. The lowest BCUT2D eigenvalue weighted by Crippen LogP contribution is -2.49. The van der Waals surface area contributed by atoms with Crippen LogP contribution in [0.1, 0.15) is 34.6 Å². The molecular formula is C20H29BN2O6. The van der Waals surface area contributed by atoms with Crippen molar-refractivity contribution in [3.63, 3.8) is 0 Å². The smallest absolute Gasteiger partial charge is 0.489 e. The van der Waals surface area contributed by atoms with Crippen LogP contribution in [0.15, 0.2) is 18.2 Å². The average Bonchev–Trinajstić information content (AvgIpc) is 3.13. The lowest BCUT2D eigenvalue weighted by Gasteiger charge is -2.35. The molecule has 0 aliphatic carbocycles. The van der Waals surface area contributed by atoms with Crippen molar-refractivity contribution >= 4 is 24.2 Å². The van der Waals surface area contributed by atoms with Crippen molar-refractivity contribution in [2.24, 2.45) is 0 Å². The minimum absolute atomic E-state index is 0.0537. The maximum atomic E-state index is 11.3. The molecule has 8 nitrogen and oxygen atoms in total. The summed E-state index contributed by atoms with van der Waals surface area (Å²) < 4.78 is 29.9. The van der Waals surface area contributed by atoms with Gasteiger partial charge in [0.25, 0.3) is 0 Å². The Morgan fingerprint density at radius 1 is 1.28 bits per heavy atom. The minimum atomic E-state index is -0.538. The van der Waals surface area contributed by atoms with Gasteiger partial charge < -0.3 is 33.7 Å². The van der Waals surface area contributed by atoms with E-state index in [1.807, 2.05) is 45.9 Å². The van der Waals surface area contributed by atoms with Gasteiger partial charge >= 0.3 is 7.12 Å². The summed E-state index contributed by atoms with van der Waals surface area (Å²) in [4.78, 5) is 13.4. The van der Waals surface area contributed by atoms with Gasteiger partial charge in [-0.3, -0.25) is 4.79 Å². The normalized spacial score (nSPS) is 29.2. The monoisotopic (exact) mass is 404 g/mol. The van der Waals surface area contributed by atoms with Crippen molar-refractivity contribution in [3.8, 4) is 5.75 Å². The topological polar surface area (TPSA) is 78.5 Å². The number of benzene rings is 1. The number of ether oxygens (including phenoxy) is 3. The Morgan fingerprint density at radius 3 is 2.59 bits per heavy atom. The van der Waals surface area contributed by atoms with Gasteiger partial charge in [-0.2, -0.15) is 0 Å². The number of carbonyl (C=O) groups is 1. The Kier molecular flexibility index (Phi) is 5.05. The maximum absolute atomic E-state index is 11.3. The van der Waals surface area contributed by atoms with E-state index in [9.17, 15) is 4.79 Å². The van der Waals surface area contributed by atoms with Gasteiger partial charge in [-0.15, -0.1) is 0 Å². The molecule has 3 aliphatic rings. The van der Waals surface area contributed by atoms with Gasteiger partial charge in [0.1, 0.15) is 18.5 Å². The van der Waals surface area contributed by atoms with Crippen LogP contribution in [0.5, 0.6) is 5.75 Å². The van der Waals surface area contributed by atoms with E-state index in [1.165, 1.54) is 6.92 Å². The number of rotatable bonds is 4. The van der Waals surface area contributed by atoms with E-state index < -0.39 is 24.7 Å². The SMILES string of the molecule is COC1O[C@@H](CNC(C)=O)[C@@H]2COc3cc(B4OC(C)(C)C(C)(C)O4)ccc3N12. The molecule has 1 amide bonds. The number of nitrogens with one attached hydrogen (secondary N) is 1. The second-order valence-corrected chi connectivity index (χ2v) is 8.76. The molecule has 3 heterocycles. The van der Waals surface area contributed by atoms with Crippen LogP contribution in [-0.4, -0.2) is 63.0 Å². The molecule has 1 unspecified atom stereocenters. The van der Waals surface area contributed by atoms with Gasteiger partial charge in [0.05, 0.1) is 22.9 Å². The summed E-state index contributed by atoms with van der Waals surface area (Å²) in [6.07, 6.45) is -0.760. The van der Waals surface area contributed by atoms with Crippen LogP contribution in [0.4, 0.5) is 5.69 Å². The Labute approximate surface area is 171 Å². The summed E-state index contributed by atoms with van der Waals surface area (Å²) in [5.74, 6) is 0.643. The molecule has 1 aromatic rings. The van der Waals surface area contributed by atoms with E-state index >= 15 is 0 Å². The first kappa shape index (κ1) is 20.5. The van der Waals surface area contributed by atoms with Crippen molar-refractivity contribution in [1.29, 1.82) is 0 Å². The van der Waals surface area contributed by atoms with Gasteiger partial charge in [-0.25, -0.2) is 0 Å². The van der Waals surface area contributed by atoms with Crippen LogP contribution in [0.25, 0.3) is 0 Å². The molecule has 158 valence electrons. The molecule has 3 atom stereocenters. The maximum Gasteiger partial charge on any atom is 0.494 e. The Bertz CT molecular complexity index is 785. The van der Waals surface area contributed by atoms with Crippen molar-refractivity contribution in [3.05, 3.63) is 18.2 Å². The fourth-order valence-electron chi connectivity index (χ4n) is 3.88. The van der Waals surface area contributed by atoms with Gasteiger partial charge in [0.2, 0.25) is 12.3 Å². The molecule has 3 aliphatic heterocycles. The molecule has 4 rings (SSSR count). The second-order valence-electron chi connectivity index (χ2n) is 8.76. The summed E-state index contributed by atoms with van der Waals surface area (Å²) in [6, 6.07) is 5.88. The van der Waals surface area contributed by atoms with Crippen LogP contribution in [0, 0.1) is 0 Å². The fourth-order valence-corrected chi connectivity index (χ4v) is 3.88. The molecule has 1 N–H and O–H groups in total. The van der Waals surface area contributed by atoms with Crippen LogP contribution in [0.2, 0.25) is 0 Å². The summed E-state index contributed by atoms with van der Waals surface area (Å²) >= 11 is 0. The molecule has 2 saturated heterocycles. The predicted molar refractivity (Wildman–Crippen MR) is 108 cm³/mol. The van der Waals surface area contributed by atoms with Gasteiger partial charge in [0, 0.05) is 20.6 Å². The van der Waals surface area contributed by atoms with Gasteiger partial charge in [-0.1, -0.05) is 6.07 Å². The third-order valence-corrected chi connectivity index (χ3v) is 6.26. The fraction of sp³-hybridized carbons (Fsp3) is 0.650. The summed E-state index contributed by atoms with van der Waals surface area (Å²) in [5, 5.41) is 2.82. The number of fused-ring (bicyclic) bond motifs is 3. The average molecular weight is 404 g/mol. The molecule has 0 aromatic heterocycles. The number of methoxy groups -OCH3 is 1. The molecule has 0 radical (unpaired) electrons. The molecule has 1 aromatic carbocycles. The lowest BCUT2D eigenvalue weighted by atomic mass is 9.78. The summed E-state index contributed by atoms with van der Waals surface area (Å²) in [5.41, 5.74) is 0.990. The molecule has 0 saturated carbocycles. The highest BCUT2D eigenvalue weighted by Gasteiger charge is 2.52. The third-order valence-electron chi connectivity index (χ3n) is 6.26. The van der Waals surface area contributed by atoms with Crippen LogP contribution in [-0.2, 0) is 23.6 Å². The van der Waals surface area contributed by atoms with Crippen LogP contribution >= 0.6 is 0 Å². The van der Waals surface area contributed by atoms with Crippen LogP contribution < -0.4 is 20.4 Å². The predicted octanol–water partition coefficient (Wildman–Crippen LogP) is 1.02. The van der Waals surface area contributed by atoms with Crippen molar-refractivity contribution in [1.82, 2.24) is 5.32 Å². The van der Waals surface area contributed by atoms with Gasteiger partial charge in [0.15, 0.2) is 0 Å². The van der Waals surface area contributed by atoms with Crippen LogP contribution in [0.3, 0.4) is 0 Å². The second kappa shape index (κ2) is 7.16. The minimum Gasteiger partial charge on any atom is -0.489 e. The Morgan fingerprint density at radius 2 is 1.97 bits per heavy atom. The molecular weight excluding hydrogens is 375 g/mol. The molecule has 2 fully saturated rings. The number of hydrogen-bond acceptors (Lipinski definition) is 7. The summed E-state index contributed by atoms with van der Waals surface area (Å²) in [7, 11) is 1.16. The number of amides is 1. The summed E-state index contributed by atoms with van der Waals surface area (Å²) in [6.45, 7) is 10.5. The molecule has 0 bridgehead atoms. The van der Waals surface area contributed by atoms with Crippen molar-refractivity contribution < 1.29 is 28.3 Å². The molecule has 0 spiro atoms. The van der Waals surface area contributed by atoms with E-state index in [4.69, 9.17) is 23.5 Å². The Balaban J connectivity index is 1.58. The van der Waals surface area contributed by atoms with E-state index in [-0.39, 0.29) is 18.1 Å². The van der Waals surface area contributed by atoms with Crippen molar-refractivity contribution in [2.45, 2.75) is 64.4 Å². The molecule has 29 heavy (non-hydrogen) atoms. The third kappa shape index (κ3) is 3.50. The largest absolute Gasteiger partial charge is 0.494 e. The highest BCUT2D eigenvalue weighted by atomic mass is 16.7. The van der Waals surface area contributed by atoms with E-state index in [1.54, 1.807) is 7.11 Å². The first-order chi connectivity index (χ1) is 13.6.